The molecule has 0 aliphatic rings. The Morgan fingerprint density at radius 1 is 0.848 bits per heavy atom. The van der Waals surface area contributed by atoms with Crippen LogP contribution in [0.5, 0.6) is 0 Å². The maximum atomic E-state index is 12.8. The zero-order valence-corrected chi connectivity index (χ0v) is 17.3. The number of amides is 2. The molecule has 3 rings (SSSR count). The Bertz CT molecular complexity index is 1280. The number of urea groups is 1. The predicted octanol–water partition coefficient (Wildman–Crippen LogP) is 5.06. The van der Waals surface area contributed by atoms with E-state index in [1.165, 1.54) is 42.5 Å². The molecule has 0 unspecified atom stereocenters. The van der Waals surface area contributed by atoms with E-state index in [9.17, 15) is 36.5 Å². The van der Waals surface area contributed by atoms with E-state index in [-0.39, 0.29) is 22.0 Å². The first-order chi connectivity index (χ1) is 15.4. The van der Waals surface area contributed by atoms with Gasteiger partial charge in [0.2, 0.25) is 0 Å². The van der Waals surface area contributed by atoms with Gasteiger partial charge in [-0.2, -0.15) is 13.2 Å². The van der Waals surface area contributed by atoms with Gasteiger partial charge in [-0.25, -0.2) is 13.2 Å². The number of hydrogen-bond acceptors (Lipinski definition) is 5. The molecule has 3 N–H and O–H groups in total. The molecule has 0 aromatic heterocycles. The smallest absolute Gasteiger partial charge is 0.308 e. The molecule has 3 aromatic rings. The largest absolute Gasteiger partial charge is 0.416 e. The number of carbonyl (C=O) groups is 1. The number of benzene rings is 3. The fourth-order valence-electron chi connectivity index (χ4n) is 2.65. The first-order valence-electron chi connectivity index (χ1n) is 9.07. The molecule has 9 nitrogen and oxygen atoms in total. The molecule has 0 heterocycles. The lowest BCUT2D eigenvalue weighted by molar-refractivity contribution is -0.384. The van der Waals surface area contributed by atoms with Crippen LogP contribution in [0.1, 0.15) is 5.56 Å². The second-order valence-electron chi connectivity index (χ2n) is 6.59. The molecule has 0 aliphatic heterocycles. The van der Waals surface area contributed by atoms with E-state index in [4.69, 9.17) is 0 Å². The maximum Gasteiger partial charge on any atom is 0.416 e. The summed E-state index contributed by atoms with van der Waals surface area (Å²) in [6, 6.07) is 13.1. The van der Waals surface area contributed by atoms with Gasteiger partial charge in [-0.15, -0.1) is 0 Å². The number of alkyl halides is 3. The lowest BCUT2D eigenvalue weighted by Crippen LogP contribution is -2.19. The number of rotatable bonds is 6. The molecule has 2 amide bonds. The second-order valence-corrected chi connectivity index (χ2v) is 8.27. The molecule has 0 spiro atoms. The number of sulfonamides is 1. The van der Waals surface area contributed by atoms with Crippen LogP contribution >= 0.6 is 0 Å². The minimum Gasteiger partial charge on any atom is -0.308 e. The van der Waals surface area contributed by atoms with Gasteiger partial charge < -0.3 is 10.6 Å². The van der Waals surface area contributed by atoms with Crippen molar-refractivity contribution in [3.63, 3.8) is 0 Å². The average Bonchev–Trinajstić information content (AvgIpc) is 2.74. The highest BCUT2D eigenvalue weighted by Crippen LogP contribution is 2.31. The number of nitro benzene ring substituents is 1. The number of nitro groups is 1. The predicted molar refractivity (Wildman–Crippen MR) is 114 cm³/mol. The van der Waals surface area contributed by atoms with Crippen molar-refractivity contribution in [2.45, 2.75) is 11.1 Å². The Kier molecular flexibility index (Phi) is 6.53. The minimum absolute atomic E-state index is 0.142. The molecule has 0 radical (unpaired) electrons. The van der Waals surface area contributed by atoms with Crippen molar-refractivity contribution in [1.29, 1.82) is 0 Å². The molecule has 172 valence electrons. The molecule has 0 fully saturated rings. The van der Waals surface area contributed by atoms with Gasteiger partial charge in [-0.1, -0.05) is 6.07 Å². The summed E-state index contributed by atoms with van der Waals surface area (Å²) in [6.45, 7) is 0. The molecule has 0 atom stereocenters. The summed E-state index contributed by atoms with van der Waals surface area (Å²) in [5.41, 5.74) is -0.873. The molecule has 0 saturated carbocycles. The van der Waals surface area contributed by atoms with Crippen molar-refractivity contribution >= 4 is 38.8 Å². The molecule has 33 heavy (non-hydrogen) atoms. The molecule has 0 aliphatic carbocycles. The van der Waals surface area contributed by atoms with Gasteiger partial charge in [0.1, 0.15) is 0 Å². The van der Waals surface area contributed by atoms with Crippen LogP contribution in [-0.4, -0.2) is 19.4 Å². The number of anilines is 3. The third-order valence-corrected chi connectivity index (χ3v) is 5.60. The van der Waals surface area contributed by atoms with Crippen LogP contribution < -0.4 is 15.4 Å². The van der Waals surface area contributed by atoms with Crippen LogP contribution in [0.15, 0.2) is 77.7 Å². The fraction of sp³-hybridized carbons (Fsp3) is 0.0500. The molecule has 0 saturated heterocycles. The van der Waals surface area contributed by atoms with E-state index in [0.29, 0.717) is 11.8 Å². The van der Waals surface area contributed by atoms with E-state index in [1.54, 1.807) is 0 Å². The average molecular weight is 480 g/mol. The van der Waals surface area contributed by atoms with Crippen LogP contribution in [0, 0.1) is 10.1 Å². The van der Waals surface area contributed by atoms with Gasteiger partial charge in [0, 0.05) is 29.2 Å². The summed E-state index contributed by atoms with van der Waals surface area (Å²) in [6.07, 6.45) is -4.62. The highest BCUT2D eigenvalue weighted by Gasteiger charge is 2.30. The van der Waals surface area contributed by atoms with Gasteiger partial charge in [-0.3, -0.25) is 14.8 Å². The van der Waals surface area contributed by atoms with E-state index >= 15 is 0 Å². The Labute approximate surface area is 185 Å². The van der Waals surface area contributed by atoms with Crippen molar-refractivity contribution in [1.82, 2.24) is 0 Å². The summed E-state index contributed by atoms with van der Waals surface area (Å²) >= 11 is 0. The standard InChI is InChI=1S/C20H15F3N4O5S/c21-20(22,23)13-2-1-3-16(12-13)26-33(31,32)18-10-6-15(7-11-18)25-19(28)24-14-4-8-17(9-5-14)27(29)30/h1-12,26H,(H2,24,25,28). The SMILES string of the molecule is O=C(Nc1ccc([N+](=O)[O-])cc1)Nc1ccc(S(=O)(=O)Nc2cccc(C(F)(F)F)c2)cc1. The minimum atomic E-state index is -4.62. The van der Waals surface area contributed by atoms with Gasteiger partial charge in [0.05, 0.1) is 15.4 Å². The highest BCUT2D eigenvalue weighted by molar-refractivity contribution is 7.92. The van der Waals surface area contributed by atoms with Crippen LogP contribution in [0.3, 0.4) is 0 Å². The number of nitrogens with zero attached hydrogens (tertiary/aromatic N) is 1. The topological polar surface area (TPSA) is 130 Å². The van der Waals surface area contributed by atoms with Crippen molar-refractivity contribution in [2.24, 2.45) is 0 Å². The quantitative estimate of drug-likeness (QED) is 0.335. The third-order valence-electron chi connectivity index (χ3n) is 4.20. The van der Waals surface area contributed by atoms with Crippen LogP contribution in [0.25, 0.3) is 0 Å². The lowest BCUT2D eigenvalue weighted by atomic mass is 10.2. The van der Waals surface area contributed by atoms with Gasteiger partial charge in [-0.05, 0) is 54.6 Å². The summed E-state index contributed by atoms with van der Waals surface area (Å²) in [5, 5.41) is 15.6. The summed E-state index contributed by atoms with van der Waals surface area (Å²) < 4.78 is 65.5. The number of hydrogen-bond donors (Lipinski definition) is 3. The Balaban J connectivity index is 1.65. The second kappa shape index (κ2) is 9.16. The number of non-ortho nitro benzene ring substituents is 1. The lowest BCUT2D eigenvalue weighted by Gasteiger charge is -2.12. The number of carbonyl (C=O) groups excluding carboxylic acids is 1. The van der Waals surface area contributed by atoms with Crippen LogP contribution in [0.4, 0.5) is 40.7 Å². The van der Waals surface area contributed by atoms with Crippen molar-refractivity contribution in [2.75, 3.05) is 15.4 Å². The Hall–Kier alpha value is -4.13. The molecular formula is C20H15F3N4O5S. The van der Waals surface area contributed by atoms with Crippen molar-refractivity contribution in [3.8, 4) is 0 Å². The third kappa shape index (κ3) is 6.20. The Morgan fingerprint density at radius 3 is 1.91 bits per heavy atom. The molecule has 0 bridgehead atoms. The number of nitrogens with one attached hydrogen (secondary N) is 3. The van der Waals surface area contributed by atoms with E-state index < -0.39 is 32.7 Å². The van der Waals surface area contributed by atoms with E-state index in [0.717, 1.165) is 24.3 Å². The monoisotopic (exact) mass is 480 g/mol. The zero-order valence-electron chi connectivity index (χ0n) is 16.5. The summed E-state index contributed by atoms with van der Waals surface area (Å²) in [5.74, 6) is 0. The fourth-order valence-corrected chi connectivity index (χ4v) is 3.70. The zero-order chi connectivity index (χ0) is 24.2. The van der Waals surface area contributed by atoms with Crippen molar-refractivity contribution in [3.05, 3.63) is 88.5 Å². The van der Waals surface area contributed by atoms with Crippen LogP contribution in [0.2, 0.25) is 0 Å². The summed E-state index contributed by atoms with van der Waals surface area (Å²) in [4.78, 5) is 21.9. The first-order valence-corrected chi connectivity index (χ1v) is 10.5. The highest BCUT2D eigenvalue weighted by atomic mass is 32.2. The van der Waals surface area contributed by atoms with E-state index in [1.807, 2.05) is 0 Å². The van der Waals surface area contributed by atoms with Crippen LogP contribution in [-0.2, 0) is 16.2 Å². The summed E-state index contributed by atoms with van der Waals surface area (Å²) in [7, 11) is -4.18. The van der Waals surface area contributed by atoms with Gasteiger partial charge in [0.25, 0.3) is 15.7 Å². The molecule has 3 aromatic carbocycles. The molecular weight excluding hydrogens is 465 g/mol. The number of halogens is 3. The van der Waals surface area contributed by atoms with Gasteiger partial charge >= 0.3 is 12.2 Å². The normalized spacial score (nSPS) is 11.5. The van der Waals surface area contributed by atoms with E-state index in [2.05, 4.69) is 15.4 Å². The Morgan fingerprint density at radius 2 is 1.39 bits per heavy atom. The van der Waals surface area contributed by atoms with Crippen molar-refractivity contribution < 1.29 is 31.3 Å². The van der Waals surface area contributed by atoms with Gasteiger partial charge in [0.15, 0.2) is 0 Å². The molecule has 13 heteroatoms. The first kappa shape index (κ1) is 23.5. The maximum absolute atomic E-state index is 12.8.